The van der Waals surface area contributed by atoms with Crippen molar-refractivity contribution in [1.82, 2.24) is 4.90 Å². The van der Waals surface area contributed by atoms with Crippen molar-refractivity contribution in [2.24, 2.45) is 5.73 Å². The van der Waals surface area contributed by atoms with E-state index in [0.717, 1.165) is 37.1 Å². The molecular weight excluding hydrogens is 386 g/mol. The van der Waals surface area contributed by atoms with E-state index in [-0.39, 0.29) is 17.5 Å². The van der Waals surface area contributed by atoms with Gasteiger partial charge in [-0.25, -0.2) is 8.78 Å². The van der Waals surface area contributed by atoms with E-state index in [2.05, 4.69) is 0 Å². The van der Waals surface area contributed by atoms with Crippen LogP contribution in [0.15, 0.2) is 60.7 Å². The van der Waals surface area contributed by atoms with Crippen LogP contribution in [0.1, 0.15) is 35.7 Å². The number of nitrogens with zero attached hydrogens (tertiary/aromatic N) is 1. The first kappa shape index (κ1) is 20.3. The van der Waals surface area contributed by atoms with Crippen LogP contribution in [0.5, 0.6) is 11.5 Å². The number of halogens is 2. The number of piperidine rings is 1. The molecule has 2 N–H and O–H groups in total. The van der Waals surface area contributed by atoms with Gasteiger partial charge in [0.1, 0.15) is 11.5 Å². The topological polar surface area (TPSA) is 55.6 Å². The van der Waals surface area contributed by atoms with Crippen LogP contribution in [-0.4, -0.2) is 29.9 Å². The van der Waals surface area contributed by atoms with Gasteiger partial charge in [-0.1, -0.05) is 12.1 Å². The highest BCUT2D eigenvalue weighted by Crippen LogP contribution is 2.33. The van der Waals surface area contributed by atoms with Gasteiger partial charge in [-0.05, 0) is 66.8 Å². The molecule has 0 spiro atoms. The Bertz CT molecular complexity index is 1060. The van der Waals surface area contributed by atoms with Crippen molar-refractivity contribution in [3.8, 4) is 11.5 Å². The molecule has 4 nitrogen and oxygen atoms in total. The number of fused-ring (bicyclic) bond motifs is 1. The second kappa shape index (κ2) is 8.03. The minimum Gasteiger partial charge on any atom is -0.457 e. The average Bonchev–Trinajstić information content (AvgIpc) is 2.73. The van der Waals surface area contributed by atoms with E-state index in [0.29, 0.717) is 23.6 Å². The molecule has 1 atom stereocenters. The van der Waals surface area contributed by atoms with Gasteiger partial charge in [-0.2, -0.15) is 0 Å². The fourth-order valence-corrected chi connectivity index (χ4v) is 3.80. The average molecular weight is 410 g/mol. The van der Waals surface area contributed by atoms with Gasteiger partial charge in [0.05, 0.1) is 0 Å². The molecule has 3 aromatic carbocycles. The van der Waals surface area contributed by atoms with Gasteiger partial charge in [-0.3, -0.25) is 4.79 Å². The maximum Gasteiger partial charge on any atom is 0.270 e. The summed E-state index contributed by atoms with van der Waals surface area (Å²) in [5.41, 5.74) is 6.56. The SMILES string of the molecule is CC(F)(F)c1ccc(Oc2cccc3cc(C(=O)N4CCCC(N)C4)ccc23)cc1. The Labute approximate surface area is 174 Å². The first-order valence-corrected chi connectivity index (χ1v) is 10.0. The molecule has 1 fully saturated rings. The van der Waals surface area contributed by atoms with Crippen molar-refractivity contribution in [3.63, 3.8) is 0 Å². The van der Waals surface area contributed by atoms with Crippen LogP contribution in [0.4, 0.5) is 8.78 Å². The summed E-state index contributed by atoms with van der Waals surface area (Å²) in [5.74, 6) is -1.84. The molecule has 0 aromatic heterocycles. The van der Waals surface area contributed by atoms with Gasteiger partial charge >= 0.3 is 0 Å². The molecule has 30 heavy (non-hydrogen) atoms. The minimum atomic E-state index is -2.89. The van der Waals surface area contributed by atoms with Gasteiger partial charge in [-0.15, -0.1) is 0 Å². The van der Waals surface area contributed by atoms with Crippen molar-refractivity contribution in [2.45, 2.75) is 31.7 Å². The fraction of sp³-hybridized carbons (Fsp3) is 0.292. The Morgan fingerprint density at radius 1 is 1.13 bits per heavy atom. The van der Waals surface area contributed by atoms with Gasteiger partial charge in [0, 0.05) is 42.6 Å². The summed E-state index contributed by atoms with van der Waals surface area (Å²) in [6, 6.07) is 16.9. The number of nitrogens with two attached hydrogens (primary N) is 1. The lowest BCUT2D eigenvalue weighted by Gasteiger charge is -2.30. The number of rotatable bonds is 4. The van der Waals surface area contributed by atoms with Crippen LogP contribution in [0.2, 0.25) is 0 Å². The van der Waals surface area contributed by atoms with Crippen molar-refractivity contribution < 1.29 is 18.3 Å². The smallest absolute Gasteiger partial charge is 0.270 e. The highest BCUT2D eigenvalue weighted by atomic mass is 19.3. The predicted octanol–water partition coefficient (Wildman–Crippen LogP) is 5.31. The summed E-state index contributed by atoms with van der Waals surface area (Å²) >= 11 is 0. The van der Waals surface area contributed by atoms with Crippen LogP contribution in [0, 0.1) is 0 Å². The highest BCUT2D eigenvalue weighted by Gasteiger charge is 2.24. The quantitative estimate of drug-likeness (QED) is 0.634. The molecule has 1 aliphatic rings. The molecule has 3 aromatic rings. The third-order valence-electron chi connectivity index (χ3n) is 5.42. The molecule has 1 aliphatic heterocycles. The third-order valence-corrected chi connectivity index (χ3v) is 5.42. The monoisotopic (exact) mass is 410 g/mol. The van der Waals surface area contributed by atoms with Crippen LogP contribution in [0.25, 0.3) is 10.8 Å². The van der Waals surface area contributed by atoms with Crippen LogP contribution in [0.3, 0.4) is 0 Å². The van der Waals surface area contributed by atoms with Crippen LogP contribution < -0.4 is 10.5 Å². The Kier molecular flexibility index (Phi) is 5.43. The maximum atomic E-state index is 13.4. The Balaban J connectivity index is 1.58. The predicted molar refractivity (Wildman–Crippen MR) is 113 cm³/mol. The standard InChI is InChI=1S/C24H24F2N2O2/c1-24(25,26)18-8-10-20(11-9-18)30-22-6-2-4-16-14-17(7-12-21(16)22)23(29)28-13-3-5-19(27)15-28/h2,4,6-12,14,19H,3,5,13,15,27H2,1H3. The normalized spacial score (nSPS) is 17.2. The molecule has 0 radical (unpaired) electrons. The van der Waals surface area contributed by atoms with Crippen molar-refractivity contribution >= 4 is 16.7 Å². The van der Waals surface area contributed by atoms with Crippen molar-refractivity contribution in [2.75, 3.05) is 13.1 Å². The van der Waals surface area contributed by atoms with E-state index in [1.54, 1.807) is 11.0 Å². The first-order chi connectivity index (χ1) is 14.3. The van der Waals surface area contributed by atoms with Crippen LogP contribution >= 0.6 is 0 Å². The molecule has 0 saturated carbocycles. The molecule has 1 amide bonds. The second-order valence-corrected chi connectivity index (χ2v) is 7.86. The highest BCUT2D eigenvalue weighted by molar-refractivity contribution is 6.00. The zero-order valence-electron chi connectivity index (χ0n) is 16.8. The third kappa shape index (κ3) is 4.28. The summed E-state index contributed by atoms with van der Waals surface area (Å²) in [4.78, 5) is 14.7. The zero-order chi connectivity index (χ0) is 21.3. The molecule has 1 heterocycles. The van der Waals surface area contributed by atoms with E-state index in [9.17, 15) is 13.6 Å². The van der Waals surface area contributed by atoms with Gasteiger partial charge in [0.25, 0.3) is 11.8 Å². The van der Waals surface area contributed by atoms with Gasteiger partial charge in [0.15, 0.2) is 0 Å². The van der Waals surface area contributed by atoms with Gasteiger partial charge in [0.2, 0.25) is 0 Å². The number of alkyl halides is 2. The molecule has 0 aliphatic carbocycles. The van der Waals surface area contributed by atoms with E-state index in [1.165, 1.54) is 24.3 Å². The summed E-state index contributed by atoms with van der Waals surface area (Å²) in [6.07, 6.45) is 1.86. The number of carbonyl (C=O) groups excluding carboxylic acids is 1. The lowest BCUT2D eigenvalue weighted by atomic mass is 10.0. The number of benzene rings is 3. The van der Waals surface area contributed by atoms with E-state index < -0.39 is 5.92 Å². The number of carbonyl (C=O) groups is 1. The summed E-state index contributed by atoms with van der Waals surface area (Å²) in [5, 5.41) is 1.71. The van der Waals surface area contributed by atoms with Crippen LogP contribution in [-0.2, 0) is 5.92 Å². The molecule has 156 valence electrons. The molecule has 1 unspecified atom stereocenters. The Morgan fingerprint density at radius 3 is 2.60 bits per heavy atom. The summed E-state index contributed by atoms with van der Waals surface area (Å²) < 4.78 is 32.7. The number of ether oxygens (including phenoxy) is 1. The second-order valence-electron chi connectivity index (χ2n) is 7.86. The molecule has 1 saturated heterocycles. The Hall–Kier alpha value is -2.99. The van der Waals surface area contributed by atoms with E-state index in [1.807, 2.05) is 30.3 Å². The zero-order valence-corrected chi connectivity index (χ0v) is 16.8. The maximum absolute atomic E-state index is 13.4. The molecular formula is C24H24F2N2O2. The summed E-state index contributed by atoms with van der Waals surface area (Å²) in [7, 11) is 0. The first-order valence-electron chi connectivity index (χ1n) is 10.0. The number of hydrogen-bond donors (Lipinski definition) is 1. The van der Waals surface area contributed by atoms with Gasteiger partial charge < -0.3 is 15.4 Å². The minimum absolute atomic E-state index is 0.0190. The molecule has 4 rings (SSSR count). The van der Waals surface area contributed by atoms with Crippen molar-refractivity contribution in [1.29, 1.82) is 0 Å². The lowest BCUT2D eigenvalue weighted by molar-refractivity contribution is 0.0174. The molecule has 6 heteroatoms. The van der Waals surface area contributed by atoms with Crippen molar-refractivity contribution in [3.05, 3.63) is 71.8 Å². The summed E-state index contributed by atoms with van der Waals surface area (Å²) in [6.45, 7) is 2.16. The van der Waals surface area contributed by atoms with E-state index in [4.69, 9.17) is 10.5 Å². The number of likely N-dealkylation sites (tertiary alicyclic amines) is 1. The Morgan fingerprint density at radius 2 is 1.90 bits per heavy atom. The van der Waals surface area contributed by atoms with E-state index >= 15 is 0 Å². The lowest BCUT2D eigenvalue weighted by Crippen LogP contribution is -2.45. The largest absolute Gasteiger partial charge is 0.457 e. The fourth-order valence-electron chi connectivity index (χ4n) is 3.80. The molecule has 0 bridgehead atoms. The number of amides is 1. The number of hydrogen-bond acceptors (Lipinski definition) is 3.